The molecular weight excluding hydrogens is 222 g/mol. The molecule has 0 spiro atoms. The number of imide groups is 1. The zero-order valence-electron chi connectivity index (χ0n) is 10.4. The molecule has 3 amide bonds. The van der Waals surface area contributed by atoms with Crippen molar-refractivity contribution in [3.63, 3.8) is 0 Å². The maximum atomic E-state index is 11.4. The van der Waals surface area contributed by atoms with Crippen molar-refractivity contribution in [2.24, 2.45) is 5.73 Å². The van der Waals surface area contributed by atoms with Crippen molar-refractivity contribution in [1.82, 2.24) is 10.6 Å². The summed E-state index contributed by atoms with van der Waals surface area (Å²) in [7, 11) is 1.95. The second-order valence-corrected chi connectivity index (χ2v) is 4.39. The van der Waals surface area contributed by atoms with Gasteiger partial charge in [0.2, 0.25) is 0 Å². The van der Waals surface area contributed by atoms with E-state index in [1.807, 2.05) is 12.4 Å². The van der Waals surface area contributed by atoms with Crippen LogP contribution in [0.3, 0.4) is 0 Å². The number of rotatable bonds is 4. The van der Waals surface area contributed by atoms with Crippen molar-refractivity contribution in [3.05, 3.63) is 0 Å². The summed E-state index contributed by atoms with van der Waals surface area (Å²) in [5, 5.41) is 5.25. The van der Waals surface area contributed by atoms with Gasteiger partial charge in [-0.15, -0.1) is 0 Å². The second kappa shape index (κ2) is 6.56. The number of urea groups is 1. The first-order valence-electron chi connectivity index (χ1n) is 5.96. The minimum atomic E-state index is -0.843. The zero-order chi connectivity index (χ0) is 12.8. The van der Waals surface area contributed by atoms with Gasteiger partial charge in [0.15, 0.2) is 0 Å². The van der Waals surface area contributed by atoms with Gasteiger partial charge >= 0.3 is 6.03 Å². The lowest BCUT2D eigenvalue weighted by Crippen LogP contribution is -2.43. The van der Waals surface area contributed by atoms with E-state index in [1.54, 1.807) is 6.92 Å². The molecule has 1 fully saturated rings. The molecule has 1 rings (SSSR count). The molecule has 0 aromatic carbocycles. The lowest BCUT2D eigenvalue weighted by atomic mass is 9.93. The highest BCUT2D eigenvalue weighted by Gasteiger charge is 2.24. The van der Waals surface area contributed by atoms with E-state index in [0.29, 0.717) is 6.04 Å². The first kappa shape index (κ1) is 13.9. The Balaban J connectivity index is 2.29. The van der Waals surface area contributed by atoms with Crippen molar-refractivity contribution >= 4 is 11.9 Å². The Morgan fingerprint density at radius 2 is 1.88 bits per heavy atom. The van der Waals surface area contributed by atoms with E-state index in [1.165, 1.54) is 0 Å². The van der Waals surface area contributed by atoms with Crippen molar-refractivity contribution < 1.29 is 14.3 Å². The van der Waals surface area contributed by atoms with Gasteiger partial charge in [-0.2, -0.15) is 0 Å². The monoisotopic (exact) mass is 243 g/mol. The third-order valence-electron chi connectivity index (χ3n) is 3.09. The van der Waals surface area contributed by atoms with Gasteiger partial charge in [0.1, 0.15) is 6.10 Å². The summed E-state index contributed by atoms with van der Waals surface area (Å²) in [5.74, 6) is -0.478. The summed E-state index contributed by atoms with van der Waals surface area (Å²) in [6, 6.07) is -0.297. The quantitative estimate of drug-likeness (QED) is 0.653. The molecule has 0 aromatic rings. The number of nitrogens with one attached hydrogen (secondary N) is 2. The molecule has 0 bridgehead atoms. The van der Waals surface area contributed by atoms with Gasteiger partial charge in [0.05, 0.1) is 6.10 Å². The number of primary amides is 1. The number of carbonyl (C=O) groups excluding carboxylic acids is 2. The van der Waals surface area contributed by atoms with E-state index in [2.05, 4.69) is 5.32 Å². The molecule has 6 nitrogen and oxygen atoms in total. The molecule has 0 heterocycles. The van der Waals surface area contributed by atoms with Crippen LogP contribution in [0.15, 0.2) is 0 Å². The van der Waals surface area contributed by atoms with Crippen molar-refractivity contribution in [3.8, 4) is 0 Å². The van der Waals surface area contributed by atoms with Gasteiger partial charge < -0.3 is 15.8 Å². The van der Waals surface area contributed by atoms with Crippen LogP contribution in [0.1, 0.15) is 32.6 Å². The molecule has 6 heteroatoms. The Morgan fingerprint density at radius 1 is 1.29 bits per heavy atom. The topological polar surface area (TPSA) is 93.4 Å². The zero-order valence-corrected chi connectivity index (χ0v) is 10.4. The molecule has 1 unspecified atom stereocenters. The van der Waals surface area contributed by atoms with Crippen molar-refractivity contribution in [2.75, 3.05) is 7.05 Å². The average Bonchev–Trinajstić information content (AvgIpc) is 2.29. The normalized spacial score (nSPS) is 26.2. The van der Waals surface area contributed by atoms with Crippen LogP contribution in [-0.2, 0) is 9.53 Å². The summed E-state index contributed by atoms with van der Waals surface area (Å²) >= 11 is 0. The summed E-state index contributed by atoms with van der Waals surface area (Å²) in [4.78, 5) is 21.9. The molecule has 1 aliphatic carbocycles. The van der Waals surface area contributed by atoms with Gasteiger partial charge in [-0.25, -0.2) is 4.79 Å². The molecular formula is C11H21N3O3. The van der Waals surface area contributed by atoms with Gasteiger partial charge in [-0.3, -0.25) is 10.1 Å². The third-order valence-corrected chi connectivity index (χ3v) is 3.09. The molecule has 0 saturated heterocycles. The SMILES string of the molecule is CNC1CCC(OC(C)C(=O)NC(N)=O)CC1. The molecule has 0 radical (unpaired) electrons. The summed E-state index contributed by atoms with van der Waals surface area (Å²) in [6.07, 6.45) is 3.41. The number of ether oxygens (including phenoxy) is 1. The maximum Gasteiger partial charge on any atom is 0.318 e. The highest BCUT2D eigenvalue weighted by molar-refractivity contribution is 5.95. The number of nitrogens with two attached hydrogens (primary N) is 1. The van der Waals surface area contributed by atoms with E-state index in [4.69, 9.17) is 10.5 Å². The van der Waals surface area contributed by atoms with Gasteiger partial charge in [-0.05, 0) is 39.7 Å². The van der Waals surface area contributed by atoms with Crippen molar-refractivity contribution in [2.45, 2.75) is 50.9 Å². The van der Waals surface area contributed by atoms with Crippen molar-refractivity contribution in [1.29, 1.82) is 0 Å². The second-order valence-electron chi connectivity index (χ2n) is 4.39. The van der Waals surface area contributed by atoms with Gasteiger partial charge in [-0.1, -0.05) is 0 Å². The highest BCUT2D eigenvalue weighted by Crippen LogP contribution is 2.22. The maximum absolute atomic E-state index is 11.4. The smallest absolute Gasteiger partial charge is 0.318 e. The van der Waals surface area contributed by atoms with Gasteiger partial charge in [0.25, 0.3) is 5.91 Å². The third kappa shape index (κ3) is 4.70. The Hall–Kier alpha value is -1.14. The lowest BCUT2D eigenvalue weighted by Gasteiger charge is -2.29. The van der Waals surface area contributed by atoms with E-state index >= 15 is 0 Å². The van der Waals surface area contributed by atoms with E-state index in [0.717, 1.165) is 25.7 Å². The molecule has 1 saturated carbocycles. The number of carbonyl (C=O) groups is 2. The average molecular weight is 243 g/mol. The summed E-state index contributed by atoms with van der Waals surface area (Å²) < 4.78 is 5.60. The first-order chi connectivity index (χ1) is 8.02. The Labute approximate surface area is 101 Å². The fourth-order valence-corrected chi connectivity index (χ4v) is 2.06. The molecule has 4 N–H and O–H groups in total. The molecule has 98 valence electrons. The molecule has 0 aliphatic heterocycles. The van der Waals surface area contributed by atoms with Crippen LogP contribution in [-0.4, -0.2) is 37.2 Å². The van der Waals surface area contributed by atoms with E-state index in [9.17, 15) is 9.59 Å². The van der Waals surface area contributed by atoms with Crippen LogP contribution in [0.25, 0.3) is 0 Å². The Kier molecular flexibility index (Phi) is 5.37. The standard InChI is InChI=1S/C11H21N3O3/c1-7(10(15)14-11(12)16)17-9-5-3-8(13-2)4-6-9/h7-9,13H,3-6H2,1-2H3,(H3,12,14,15,16). The predicted octanol–water partition coefficient (Wildman–Crippen LogP) is 0.117. The van der Waals surface area contributed by atoms with Crippen LogP contribution in [0.2, 0.25) is 0 Å². The fraction of sp³-hybridized carbons (Fsp3) is 0.818. The molecule has 1 aliphatic rings. The largest absolute Gasteiger partial charge is 0.365 e. The summed E-state index contributed by atoms with van der Waals surface area (Å²) in [6.45, 7) is 1.63. The number of hydrogen-bond donors (Lipinski definition) is 3. The van der Waals surface area contributed by atoms with Crippen LogP contribution in [0, 0.1) is 0 Å². The highest BCUT2D eigenvalue weighted by atomic mass is 16.5. The van der Waals surface area contributed by atoms with Crippen LogP contribution in [0.4, 0.5) is 4.79 Å². The van der Waals surface area contributed by atoms with Crippen LogP contribution < -0.4 is 16.4 Å². The minimum absolute atomic E-state index is 0.0910. The molecule has 1 atom stereocenters. The van der Waals surface area contributed by atoms with Gasteiger partial charge in [0, 0.05) is 6.04 Å². The first-order valence-corrected chi connectivity index (χ1v) is 5.96. The van der Waals surface area contributed by atoms with E-state index in [-0.39, 0.29) is 6.10 Å². The molecule has 0 aromatic heterocycles. The number of amides is 3. The van der Waals surface area contributed by atoms with E-state index < -0.39 is 18.0 Å². The van der Waals surface area contributed by atoms with Crippen LogP contribution in [0.5, 0.6) is 0 Å². The number of hydrogen-bond acceptors (Lipinski definition) is 4. The summed E-state index contributed by atoms with van der Waals surface area (Å²) in [5.41, 5.74) is 4.87. The lowest BCUT2D eigenvalue weighted by molar-refractivity contribution is -0.135. The minimum Gasteiger partial charge on any atom is -0.365 e. The molecule has 17 heavy (non-hydrogen) atoms. The Morgan fingerprint density at radius 3 is 2.35 bits per heavy atom. The fourth-order valence-electron chi connectivity index (χ4n) is 2.06. The predicted molar refractivity (Wildman–Crippen MR) is 63.4 cm³/mol. The van der Waals surface area contributed by atoms with Crippen LogP contribution >= 0.6 is 0 Å². The Bertz CT molecular complexity index is 275.